The van der Waals surface area contributed by atoms with Crippen LogP contribution in [0.15, 0.2) is 0 Å². The lowest BCUT2D eigenvalue weighted by molar-refractivity contribution is -0.162. The van der Waals surface area contributed by atoms with Crippen LogP contribution >= 0.6 is 0 Å². The second-order valence-electron chi connectivity index (χ2n) is 6.27. The van der Waals surface area contributed by atoms with E-state index in [1.165, 1.54) is 38.5 Å². The molecule has 4 N–H and O–H groups in total. The summed E-state index contributed by atoms with van der Waals surface area (Å²) in [5.41, 5.74) is -1.63. The second kappa shape index (κ2) is 12.9. The number of aliphatic carboxylic acids is 1. The van der Waals surface area contributed by atoms with Crippen LogP contribution < -0.4 is 0 Å². The van der Waals surface area contributed by atoms with E-state index in [9.17, 15) is 25.2 Å². The molecular formula is C17H34O5. The van der Waals surface area contributed by atoms with Crippen molar-refractivity contribution >= 4 is 5.97 Å². The van der Waals surface area contributed by atoms with Crippen molar-refractivity contribution in [3.05, 3.63) is 0 Å². The fourth-order valence-corrected chi connectivity index (χ4v) is 2.86. The summed E-state index contributed by atoms with van der Waals surface area (Å²) in [6.45, 7) is 0.570. The summed E-state index contributed by atoms with van der Waals surface area (Å²) >= 11 is 0. The average Bonchev–Trinajstić information content (AvgIpc) is 2.52. The topological polar surface area (TPSA) is 98.0 Å². The minimum atomic E-state index is -1.63. The Morgan fingerprint density at radius 1 is 0.864 bits per heavy atom. The van der Waals surface area contributed by atoms with Crippen LogP contribution in [0.1, 0.15) is 71.1 Å². The summed E-state index contributed by atoms with van der Waals surface area (Å²) in [5, 5.41) is 37.3. The van der Waals surface area contributed by atoms with Crippen molar-refractivity contribution in [3.8, 4) is 0 Å². The van der Waals surface area contributed by atoms with Crippen molar-refractivity contribution in [2.75, 3.05) is 19.8 Å². The fourth-order valence-electron chi connectivity index (χ4n) is 2.86. The number of aliphatic hydroxyl groups excluding tert-OH is 3. The maximum absolute atomic E-state index is 11.3. The van der Waals surface area contributed by atoms with Crippen LogP contribution in [0.4, 0.5) is 0 Å². The summed E-state index contributed by atoms with van der Waals surface area (Å²) in [7, 11) is 0. The van der Waals surface area contributed by atoms with E-state index < -0.39 is 30.5 Å². The molecule has 0 amide bonds. The quantitative estimate of drug-likeness (QED) is 0.348. The molecule has 0 aromatic rings. The van der Waals surface area contributed by atoms with E-state index in [0.717, 1.165) is 19.3 Å². The molecule has 1 unspecified atom stereocenters. The van der Waals surface area contributed by atoms with E-state index >= 15 is 0 Å². The molecule has 0 fully saturated rings. The van der Waals surface area contributed by atoms with Gasteiger partial charge in [0.25, 0.3) is 0 Å². The molecule has 1 atom stereocenters. The molecule has 0 aliphatic rings. The van der Waals surface area contributed by atoms with Crippen molar-refractivity contribution < 1.29 is 25.2 Å². The predicted octanol–water partition coefficient (Wildman–Crippen LogP) is 2.57. The molecule has 5 heteroatoms. The minimum Gasteiger partial charge on any atom is -0.481 e. The van der Waals surface area contributed by atoms with Crippen molar-refractivity contribution in [3.63, 3.8) is 0 Å². The van der Waals surface area contributed by atoms with Crippen LogP contribution in [0.2, 0.25) is 0 Å². The van der Waals surface area contributed by atoms with Crippen LogP contribution in [-0.2, 0) is 4.79 Å². The highest BCUT2D eigenvalue weighted by atomic mass is 16.4. The SMILES string of the molecule is CCCCCCCCCCCC(CO)C(CO)(CO)C(=O)O. The lowest BCUT2D eigenvalue weighted by Crippen LogP contribution is -2.46. The molecule has 5 nitrogen and oxygen atoms in total. The first kappa shape index (κ1) is 21.4. The van der Waals surface area contributed by atoms with Gasteiger partial charge in [-0.05, 0) is 6.42 Å². The third kappa shape index (κ3) is 7.07. The molecule has 0 saturated carbocycles. The zero-order valence-electron chi connectivity index (χ0n) is 14.0. The lowest BCUT2D eigenvalue weighted by atomic mass is 9.74. The van der Waals surface area contributed by atoms with E-state index in [0.29, 0.717) is 6.42 Å². The number of rotatable bonds is 15. The summed E-state index contributed by atoms with van der Waals surface area (Å²) < 4.78 is 0. The highest BCUT2D eigenvalue weighted by Crippen LogP contribution is 2.31. The number of unbranched alkanes of at least 4 members (excludes halogenated alkanes) is 8. The third-order valence-electron chi connectivity index (χ3n) is 4.65. The molecule has 0 aliphatic heterocycles. The van der Waals surface area contributed by atoms with Crippen molar-refractivity contribution in [2.45, 2.75) is 71.1 Å². The molecule has 0 aromatic carbocycles. The average molecular weight is 318 g/mol. The van der Waals surface area contributed by atoms with Gasteiger partial charge in [-0.1, -0.05) is 64.7 Å². The number of carboxylic acids is 1. The van der Waals surface area contributed by atoms with E-state index in [4.69, 9.17) is 0 Å². The smallest absolute Gasteiger partial charge is 0.314 e. The summed E-state index contributed by atoms with van der Waals surface area (Å²) in [6.07, 6.45) is 11.0. The van der Waals surface area contributed by atoms with Gasteiger partial charge in [0.05, 0.1) is 13.2 Å². The van der Waals surface area contributed by atoms with Gasteiger partial charge in [0.1, 0.15) is 5.41 Å². The summed E-state index contributed by atoms with van der Waals surface area (Å²) in [5.74, 6) is -1.85. The van der Waals surface area contributed by atoms with Gasteiger partial charge in [0.15, 0.2) is 0 Å². The van der Waals surface area contributed by atoms with Gasteiger partial charge < -0.3 is 20.4 Å². The molecule has 132 valence electrons. The molecule has 0 spiro atoms. The van der Waals surface area contributed by atoms with Gasteiger partial charge in [0.2, 0.25) is 0 Å². The van der Waals surface area contributed by atoms with E-state index in [1.54, 1.807) is 0 Å². The van der Waals surface area contributed by atoms with Gasteiger partial charge in [-0.15, -0.1) is 0 Å². The maximum atomic E-state index is 11.3. The molecular weight excluding hydrogens is 284 g/mol. The molecule has 0 rings (SSSR count). The number of carboxylic acid groups (broad SMARTS) is 1. The zero-order valence-corrected chi connectivity index (χ0v) is 14.0. The Kier molecular flexibility index (Phi) is 12.5. The van der Waals surface area contributed by atoms with Gasteiger partial charge in [-0.3, -0.25) is 4.79 Å². The van der Waals surface area contributed by atoms with E-state index in [-0.39, 0.29) is 6.61 Å². The number of hydrogen-bond donors (Lipinski definition) is 4. The lowest BCUT2D eigenvalue weighted by Gasteiger charge is -2.32. The van der Waals surface area contributed by atoms with Crippen LogP contribution in [0, 0.1) is 11.3 Å². The van der Waals surface area contributed by atoms with Crippen LogP contribution in [0.3, 0.4) is 0 Å². The Hall–Kier alpha value is -0.650. The largest absolute Gasteiger partial charge is 0.481 e. The standard InChI is InChI=1S/C17H34O5/c1-2-3-4-5-6-7-8-9-10-11-15(12-18)17(13-19,14-20)16(21)22/h15,18-20H,2-14H2,1H3,(H,21,22). The molecule has 0 saturated heterocycles. The van der Waals surface area contributed by atoms with Gasteiger partial charge in [0, 0.05) is 12.5 Å². The van der Waals surface area contributed by atoms with Crippen molar-refractivity contribution in [1.29, 1.82) is 0 Å². The van der Waals surface area contributed by atoms with Crippen molar-refractivity contribution in [2.24, 2.45) is 11.3 Å². The molecule has 0 heterocycles. The first-order chi connectivity index (χ1) is 10.6. The van der Waals surface area contributed by atoms with E-state index in [2.05, 4.69) is 6.92 Å². The van der Waals surface area contributed by atoms with Crippen LogP contribution in [-0.4, -0.2) is 46.2 Å². The number of aliphatic hydroxyl groups is 3. The Labute approximate surface area is 134 Å². The molecule has 0 radical (unpaired) electrons. The summed E-state index contributed by atoms with van der Waals surface area (Å²) in [4.78, 5) is 11.3. The van der Waals surface area contributed by atoms with Gasteiger partial charge in [-0.25, -0.2) is 0 Å². The Morgan fingerprint density at radius 2 is 1.32 bits per heavy atom. The fraction of sp³-hybridized carbons (Fsp3) is 0.941. The van der Waals surface area contributed by atoms with Crippen LogP contribution in [0.5, 0.6) is 0 Å². The molecule has 0 bridgehead atoms. The normalized spacial score (nSPS) is 13.3. The minimum absolute atomic E-state index is 0.329. The van der Waals surface area contributed by atoms with Gasteiger partial charge >= 0.3 is 5.97 Å². The molecule has 0 aliphatic carbocycles. The highest BCUT2D eigenvalue weighted by molar-refractivity contribution is 5.75. The zero-order chi connectivity index (χ0) is 16.8. The Bertz CT molecular complexity index is 276. The summed E-state index contributed by atoms with van der Waals surface area (Å²) in [6, 6.07) is 0. The van der Waals surface area contributed by atoms with Crippen molar-refractivity contribution in [1.82, 2.24) is 0 Å². The molecule has 22 heavy (non-hydrogen) atoms. The first-order valence-corrected chi connectivity index (χ1v) is 8.65. The highest BCUT2D eigenvalue weighted by Gasteiger charge is 2.44. The second-order valence-corrected chi connectivity index (χ2v) is 6.27. The van der Waals surface area contributed by atoms with E-state index in [1.807, 2.05) is 0 Å². The number of carbonyl (C=O) groups is 1. The van der Waals surface area contributed by atoms with Gasteiger partial charge in [-0.2, -0.15) is 0 Å². The number of hydrogen-bond acceptors (Lipinski definition) is 4. The maximum Gasteiger partial charge on any atom is 0.314 e. The monoisotopic (exact) mass is 318 g/mol. The third-order valence-corrected chi connectivity index (χ3v) is 4.65. The molecule has 0 aromatic heterocycles. The first-order valence-electron chi connectivity index (χ1n) is 8.65. The Morgan fingerprint density at radius 3 is 1.68 bits per heavy atom. The predicted molar refractivity (Wildman–Crippen MR) is 86.7 cm³/mol. The Balaban J connectivity index is 3.97. The van der Waals surface area contributed by atoms with Crippen LogP contribution in [0.25, 0.3) is 0 Å².